The van der Waals surface area contributed by atoms with Gasteiger partial charge in [0.15, 0.2) is 0 Å². The average Bonchev–Trinajstić information content (AvgIpc) is 3.41. The molecule has 0 bridgehead atoms. The standard InChI is InChI=1S/C21H22Cl2N2O3/c1-13-9-15(10-21(27)25(13)14-5-6-14)28-16-11-24(12-16)20(26)8-7-17-18(22)3-2-4-19(17)23/h2-4,9-10,14,16H,5-8,11-12H2,1H3. The number of carbonyl (C=O) groups excluding carboxylic acids is 1. The number of aromatic nitrogens is 1. The van der Waals surface area contributed by atoms with Gasteiger partial charge in [-0.05, 0) is 49.9 Å². The van der Waals surface area contributed by atoms with Crippen molar-refractivity contribution in [3.8, 4) is 5.75 Å². The van der Waals surface area contributed by atoms with Crippen LogP contribution in [0.2, 0.25) is 10.0 Å². The Kier molecular flexibility index (Phi) is 5.39. The van der Waals surface area contributed by atoms with Crippen molar-refractivity contribution in [2.45, 2.75) is 44.8 Å². The zero-order valence-electron chi connectivity index (χ0n) is 15.7. The predicted octanol–water partition coefficient (Wildman–Crippen LogP) is 4.02. The molecule has 1 aromatic carbocycles. The lowest BCUT2D eigenvalue weighted by molar-refractivity contribution is -0.139. The Bertz CT molecular complexity index is 942. The van der Waals surface area contributed by atoms with Gasteiger partial charge in [0.25, 0.3) is 5.56 Å². The highest BCUT2D eigenvalue weighted by Gasteiger charge is 2.32. The topological polar surface area (TPSA) is 51.5 Å². The summed E-state index contributed by atoms with van der Waals surface area (Å²) in [6.07, 6.45) is 2.92. The summed E-state index contributed by atoms with van der Waals surface area (Å²) in [5, 5.41) is 1.17. The highest BCUT2D eigenvalue weighted by Crippen LogP contribution is 2.35. The van der Waals surface area contributed by atoms with E-state index < -0.39 is 0 Å². The number of likely N-dealkylation sites (tertiary alicyclic amines) is 1. The third-order valence-corrected chi connectivity index (χ3v) is 6.01. The van der Waals surface area contributed by atoms with Gasteiger partial charge in [0.1, 0.15) is 11.9 Å². The third-order valence-electron chi connectivity index (χ3n) is 5.30. The lowest BCUT2D eigenvalue weighted by Gasteiger charge is -2.39. The summed E-state index contributed by atoms with van der Waals surface area (Å²) >= 11 is 12.3. The van der Waals surface area contributed by atoms with E-state index in [0.717, 1.165) is 24.1 Å². The minimum Gasteiger partial charge on any atom is -0.486 e. The normalized spacial score (nSPS) is 16.8. The summed E-state index contributed by atoms with van der Waals surface area (Å²) in [5.41, 5.74) is 1.72. The van der Waals surface area contributed by atoms with Gasteiger partial charge in [0.05, 0.1) is 13.1 Å². The fourth-order valence-corrected chi connectivity index (χ4v) is 4.21. The molecule has 2 aliphatic rings. The molecule has 7 heteroatoms. The quantitative estimate of drug-likeness (QED) is 0.708. The van der Waals surface area contributed by atoms with E-state index in [1.165, 1.54) is 0 Å². The molecule has 0 atom stereocenters. The van der Waals surface area contributed by atoms with Crippen molar-refractivity contribution in [2.24, 2.45) is 0 Å². The van der Waals surface area contributed by atoms with Gasteiger partial charge in [-0.1, -0.05) is 29.3 Å². The molecule has 5 nitrogen and oxygen atoms in total. The molecule has 0 spiro atoms. The molecule has 2 aromatic rings. The molecule has 2 heterocycles. The first kappa shape index (κ1) is 19.3. The Hall–Kier alpha value is -1.98. The van der Waals surface area contributed by atoms with Crippen LogP contribution in [-0.4, -0.2) is 34.6 Å². The fraction of sp³-hybridized carbons (Fsp3) is 0.429. The molecule has 28 heavy (non-hydrogen) atoms. The van der Waals surface area contributed by atoms with Crippen LogP contribution in [-0.2, 0) is 11.2 Å². The van der Waals surface area contributed by atoms with Crippen LogP contribution in [0.5, 0.6) is 5.75 Å². The third kappa shape index (κ3) is 4.06. The van der Waals surface area contributed by atoms with Gasteiger partial charge in [-0.25, -0.2) is 0 Å². The zero-order chi connectivity index (χ0) is 19.8. The van der Waals surface area contributed by atoms with Crippen LogP contribution in [0.15, 0.2) is 35.1 Å². The molecule has 4 rings (SSSR count). The van der Waals surface area contributed by atoms with Crippen LogP contribution in [0, 0.1) is 6.92 Å². The van der Waals surface area contributed by atoms with Crippen LogP contribution >= 0.6 is 23.2 Å². The number of nitrogens with zero attached hydrogens (tertiary/aromatic N) is 2. The number of pyridine rings is 1. The van der Waals surface area contributed by atoms with E-state index in [1.54, 1.807) is 29.2 Å². The molecular weight excluding hydrogens is 399 g/mol. The maximum Gasteiger partial charge on any atom is 0.254 e. The second-order valence-electron chi connectivity index (χ2n) is 7.51. The van der Waals surface area contributed by atoms with E-state index in [0.29, 0.717) is 47.8 Å². The van der Waals surface area contributed by atoms with Crippen molar-refractivity contribution < 1.29 is 9.53 Å². The number of benzene rings is 1. The molecular formula is C21H22Cl2N2O3. The minimum atomic E-state index is -0.0802. The van der Waals surface area contributed by atoms with E-state index in [1.807, 2.05) is 17.6 Å². The summed E-state index contributed by atoms with van der Waals surface area (Å²) in [4.78, 5) is 26.4. The van der Waals surface area contributed by atoms with Crippen molar-refractivity contribution >= 4 is 29.1 Å². The van der Waals surface area contributed by atoms with Gasteiger partial charge in [-0.15, -0.1) is 0 Å². The Balaban J connectivity index is 1.29. The smallest absolute Gasteiger partial charge is 0.254 e. The first-order valence-electron chi connectivity index (χ1n) is 9.53. The largest absolute Gasteiger partial charge is 0.486 e. The number of hydrogen-bond donors (Lipinski definition) is 0. The monoisotopic (exact) mass is 420 g/mol. The highest BCUT2D eigenvalue weighted by atomic mass is 35.5. The van der Waals surface area contributed by atoms with Crippen molar-refractivity contribution in [3.63, 3.8) is 0 Å². The lowest BCUT2D eigenvalue weighted by atomic mass is 10.1. The zero-order valence-corrected chi connectivity index (χ0v) is 17.2. The van der Waals surface area contributed by atoms with Crippen molar-refractivity contribution in [2.75, 3.05) is 13.1 Å². The maximum absolute atomic E-state index is 12.4. The predicted molar refractivity (Wildman–Crippen MR) is 109 cm³/mol. The number of carbonyl (C=O) groups is 1. The number of aryl methyl sites for hydroxylation is 1. The molecule has 0 radical (unpaired) electrons. The number of amides is 1. The number of ether oxygens (including phenoxy) is 1. The van der Waals surface area contributed by atoms with E-state index in [9.17, 15) is 9.59 Å². The number of rotatable bonds is 6. The molecule has 0 N–H and O–H groups in total. The first-order valence-corrected chi connectivity index (χ1v) is 10.3. The van der Waals surface area contributed by atoms with Gasteiger partial charge in [0, 0.05) is 34.3 Å². The molecule has 1 aliphatic carbocycles. The maximum atomic E-state index is 12.4. The minimum absolute atomic E-state index is 0.0126. The van der Waals surface area contributed by atoms with Crippen molar-refractivity contribution in [3.05, 3.63) is 62.0 Å². The summed E-state index contributed by atoms with van der Waals surface area (Å²) in [5.74, 6) is 0.635. The average molecular weight is 421 g/mol. The summed E-state index contributed by atoms with van der Waals surface area (Å²) in [6.45, 7) is 2.99. The Morgan fingerprint density at radius 1 is 1.18 bits per heavy atom. The first-order chi connectivity index (χ1) is 13.4. The summed E-state index contributed by atoms with van der Waals surface area (Å²) in [6, 6.07) is 9.15. The van der Waals surface area contributed by atoms with Crippen LogP contribution in [0.4, 0.5) is 0 Å². The SMILES string of the molecule is Cc1cc(OC2CN(C(=O)CCc3c(Cl)cccc3Cl)C2)cc(=O)n1C1CC1. The van der Waals surface area contributed by atoms with E-state index in [-0.39, 0.29) is 17.6 Å². The van der Waals surface area contributed by atoms with Gasteiger partial charge >= 0.3 is 0 Å². The van der Waals surface area contributed by atoms with Crippen LogP contribution in [0.3, 0.4) is 0 Å². The highest BCUT2D eigenvalue weighted by molar-refractivity contribution is 6.36. The van der Waals surface area contributed by atoms with Crippen LogP contribution in [0.1, 0.15) is 36.6 Å². The van der Waals surface area contributed by atoms with Crippen molar-refractivity contribution in [1.82, 2.24) is 9.47 Å². The Labute approximate surface area is 173 Å². The van der Waals surface area contributed by atoms with Crippen LogP contribution in [0.25, 0.3) is 0 Å². The van der Waals surface area contributed by atoms with Gasteiger partial charge in [-0.2, -0.15) is 0 Å². The fourth-order valence-electron chi connectivity index (χ4n) is 3.62. The summed E-state index contributed by atoms with van der Waals surface area (Å²) < 4.78 is 7.74. The molecule has 1 aliphatic heterocycles. The van der Waals surface area contributed by atoms with Gasteiger partial charge < -0.3 is 14.2 Å². The molecule has 1 saturated heterocycles. The molecule has 148 valence electrons. The molecule has 1 aromatic heterocycles. The summed E-state index contributed by atoms with van der Waals surface area (Å²) in [7, 11) is 0. The number of halogens is 2. The van der Waals surface area contributed by atoms with Gasteiger partial charge in [-0.3, -0.25) is 9.59 Å². The Morgan fingerprint density at radius 2 is 1.86 bits per heavy atom. The van der Waals surface area contributed by atoms with E-state index in [2.05, 4.69) is 0 Å². The second-order valence-corrected chi connectivity index (χ2v) is 8.33. The number of hydrogen-bond acceptors (Lipinski definition) is 3. The molecule has 1 amide bonds. The molecule has 0 unspecified atom stereocenters. The van der Waals surface area contributed by atoms with Crippen LogP contribution < -0.4 is 10.3 Å². The molecule has 2 fully saturated rings. The molecule has 1 saturated carbocycles. The van der Waals surface area contributed by atoms with Crippen molar-refractivity contribution in [1.29, 1.82) is 0 Å². The lowest BCUT2D eigenvalue weighted by Crippen LogP contribution is -2.56. The van der Waals surface area contributed by atoms with E-state index >= 15 is 0 Å². The van der Waals surface area contributed by atoms with Gasteiger partial charge in [0.2, 0.25) is 5.91 Å². The Morgan fingerprint density at radius 3 is 2.46 bits per heavy atom. The second kappa shape index (κ2) is 7.80. The van der Waals surface area contributed by atoms with E-state index in [4.69, 9.17) is 27.9 Å².